The van der Waals surface area contributed by atoms with Gasteiger partial charge in [0.2, 0.25) is 0 Å². The zero-order valence-corrected chi connectivity index (χ0v) is 9.95. The van der Waals surface area contributed by atoms with Gasteiger partial charge in [-0.25, -0.2) is 4.98 Å². The highest BCUT2D eigenvalue weighted by Gasteiger charge is 2.08. The molecular weight excluding hydrogens is 202 g/mol. The molecule has 1 N–H and O–H groups in total. The van der Waals surface area contributed by atoms with E-state index in [9.17, 15) is 0 Å². The van der Waals surface area contributed by atoms with Crippen molar-refractivity contribution in [2.24, 2.45) is 0 Å². The second-order valence-electron chi connectivity index (χ2n) is 3.71. The Morgan fingerprint density at radius 2 is 2.31 bits per heavy atom. The van der Waals surface area contributed by atoms with E-state index < -0.39 is 0 Å². The van der Waals surface area contributed by atoms with Gasteiger partial charge in [0.1, 0.15) is 11.6 Å². The van der Waals surface area contributed by atoms with Gasteiger partial charge in [-0.3, -0.25) is 0 Å². The summed E-state index contributed by atoms with van der Waals surface area (Å²) in [5.74, 6) is 1.87. The first-order chi connectivity index (χ1) is 7.76. The van der Waals surface area contributed by atoms with E-state index in [4.69, 9.17) is 4.74 Å². The Bertz CT molecular complexity index is 490. The highest BCUT2D eigenvalue weighted by molar-refractivity contribution is 5.56. The molecule has 0 saturated carbocycles. The van der Waals surface area contributed by atoms with Crippen LogP contribution < -0.4 is 10.1 Å². The van der Waals surface area contributed by atoms with E-state index in [2.05, 4.69) is 21.6 Å². The van der Waals surface area contributed by atoms with Crippen molar-refractivity contribution in [3.8, 4) is 5.75 Å². The number of ether oxygens (including phenoxy) is 1. The van der Waals surface area contributed by atoms with Crippen molar-refractivity contribution in [2.45, 2.75) is 20.4 Å². The highest BCUT2D eigenvalue weighted by Crippen LogP contribution is 2.19. The first kappa shape index (κ1) is 11.0. The molecule has 16 heavy (non-hydrogen) atoms. The molecule has 0 bridgehead atoms. The Morgan fingerprint density at radius 1 is 1.50 bits per heavy atom. The molecule has 2 heterocycles. The minimum Gasteiger partial charge on any atom is -0.497 e. The van der Waals surface area contributed by atoms with Crippen molar-refractivity contribution in [3.63, 3.8) is 0 Å². The molecular formula is C12H17N3O. The molecule has 2 rings (SSSR count). The van der Waals surface area contributed by atoms with Crippen LogP contribution in [0.25, 0.3) is 5.52 Å². The van der Waals surface area contributed by atoms with Crippen LogP contribution in [-0.4, -0.2) is 23.0 Å². The Kier molecular flexibility index (Phi) is 3.10. The third-order valence-electron chi connectivity index (χ3n) is 2.65. The predicted octanol–water partition coefficient (Wildman–Crippen LogP) is 1.76. The number of rotatable bonds is 4. The zero-order chi connectivity index (χ0) is 11.5. The van der Waals surface area contributed by atoms with E-state index in [1.807, 2.05) is 25.3 Å². The smallest absolute Gasteiger partial charge is 0.122 e. The summed E-state index contributed by atoms with van der Waals surface area (Å²) in [6, 6.07) is 3.96. The molecule has 2 aromatic rings. The van der Waals surface area contributed by atoms with Gasteiger partial charge in [-0.05, 0) is 19.5 Å². The Hall–Kier alpha value is -1.55. The molecule has 0 atom stereocenters. The summed E-state index contributed by atoms with van der Waals surface area (Å²) in [4.78, 5) is 4.55. The minimum atomic E-state index is 0.793. The Labute approximate surface area is 95.3 Å². The van der Waals surface area contributed by atoms with Crippen molar-refractivity contribution in [1.82, 2.24) is 14.7 Å². The van der Waals surface area contributed by atoms with Gasteiger partial charge >= 0.3 is 0 Å². The number of aromatic nitrogens is 2. The van der Waals surface area contributed by atoms with Crippen molar-refractivity contribution in [3.05, 3.63) is 29.8 Å². The number of hydrogen-bond acceptors (Lipinski definition) is 3. The van der Waals surface area contributed by atoms with Gasteiger partial charge in [-0.15, -0.1) is 0 Å². The maximum Gasteiger partial charge on any atom is 0.122 e. The molecule has 0 radical (unpaired) electrons. The van der Waals surface area contributed by atoms with Crippen LogP contribution in [0.15, 0.2) is 18.3 Å². The van der Waals surface area contributed by atoms with Gasteiger partial charge < -0.3 is 14.5 Å². The van der Waals surface area contributed by atoms with Crippen LogP contribution >= 0.6 is 0 Å². The van der Waals surface area contributed by atoms with Gasteiger partial charge in [0.25, 0.3) is 0 Å². The van der Waals surface area contributed by atoms with E-state index in [1.165, 1.54) is 0 Å². The average molecular weight is 219 g/mol. The molecule has 4 heteroatoms. The predicted molar refractivity (Wildman–Crippen MR) is 63.9 cm³/mol. The fourth-order valence-corrected chi connectivity index (χ4v) is 1.79. The molecule has 4 nitrogen and oxygen atoms in total. The van der Waals surface area contributed by atoms with Crippen molar-refractivity contribution < 1.29 is 4.74 Å². The monoisotopic (exact) mass is 219 g/mol. The fraction of sp³-hybridized carbons (Fsp3) is 0.417. The average Bonchev–Trinajstić information content (AvgIpc) is 2.63. The quantitative estimate of drug-likeness (QED) is 0.851. The van der Waals surface area contributed by atoms with Gasteiger partial charge in [-0.2, -0.15) is 0 Å². The van der Waals surface area contributed by atoms with Gasteiger partial charge in [0.15, 0.2) is 0 Å². The third-order valence-corrected chi connectivity index (χ3v) is 2.65. The number of nitrogens with one attached hydrogen (secondary N) is 1. The van der Waals surface area contributed by atoms with E-state index >= 15 is 0 Å². The largest absolute Gasteiger partial charge is 0.497 e. The first-order valence-electron chi connectivity index (χ1n) is 5.48. The number of methoxy groups -OCH3 is 1. The number of imidazole rings is 1. The van der Waals surface area contributed by atoms with Crippen LogP contribution in [0, 0.1) is 6.92 Å². The molecule has 0 spiro atoms. The maximum absolute atomic E-state index is 5.23. The molecule has 0 saturated heterocycles. The van der Waals surface area contributed by atoms with Crippen LogP contribution in [-0.2, 0) is 6.54 Å². The topological polar surface area (TPSA) is 38.6 Å². The molecule has 0 unspecified atom stereocenters. The lowest BCUT2D eigenvalue weighted by Gasteiger charge is -2.03. The second-order valence-corrected chi connectivity index (χ2v) is 3.71. The fourth-order valence-electron chi connectivity index (χ4n) is 1.79. The van der Waals surface area contributed by atoms with Gasteiger partial charge in [-0.1, -0.05) is 6.92 Å². The molecule has 0 amide bonds. The SMILES string of the molecule is CCNCc1nc(C)n2ccc(OC)cc12. The molecule has 2 aromatic heterocycles. The first-order valence-corrected chi connectivity index (χ1v) is 5.48. The normalized spacial score (nSPS) is 10.9. The summed E-state index contributed by atoms with van der Waals surface area (Å²) in [5, 5.41) is 3.29. The van der Waals surface area contributed by atoms with Gasteiger partial charge in [0.05, 0.1) is 18.3 Å². The highest BCUT2D eigenvalue weighted by atomic mass is 16.5. The van der Waals surface area contributed by atoms with E-state index in [0.717, 1.165) is 35.9 Å². The maximum atomic E-state index is 5.23. The third kappa shape index (κ3) is 1.88. The number of aryl methyl sites for hydroxylation is 1. The van der Waals surface area contributed by atoms with Crippen molar-refractivity contribution in [1.29, 1.82) is 0 Å². The Balaban J connectivity index is 2.47. The summed E-state index contributed by atoms with van der Waals surface area (Å²) in [5.41, 5.74) is 2.18. The number of hydrogen-bond donors (Lipinski definition) is 1. The lowest BCUT2D eigenvalue weighted by Crippen LogP contribution is -2.12. The molecule has 86 valence electrons. The van der Waals surface area contributed by atoms with Crippen molar-refractivity contribution >= 4 is 5.52 Å². The van der Waals surface area contributed by atoms with E-state index in [1.54, 1.807) is 7.11 Å². The summed E-state index contributed by atoms with van der Waals surface area (Å²) in [6.07, 6.45) is 1.99. The van der Waals surface area contributed by atoms with E-state index in [0.29, 0.717) is 0 Å². The summed E-state index contributed by atoms with van der Waals surface area (Å²) < 4.78 is 7.31. The molecule has 0 aliphatic heterocycles. The standard InChI is InChI=1S/C12H17N3O/c1-4-13-8-11-12-7-10(16-3)5-6-15(12)9(2)14-11/h5-7,13H,4,8H2,1-3H3. The number of pyridine rings is 1. The Morgan fingerprint density at radius 3 is 3.00 bits per heavy atom. The van der Waals surface area contributed by atoms with Crippen LogP contribution in [0.1, 0.15) is 18.4 Å². The van der Waals surface area contributed by atoms with Crippen LogP contribution in [0.2, 0.25) is 0 Å². The zero-order valence-electron chi connectivity index (χ0n) is 9.95. The van der Waals surface area contributed by atoms with E-state index in [-0.39, 0.29) is 0 Å². The van der Waals surface area contributed by atoms with Crippen LogP contribution in [0.3, 0.4) is 0 Å². The molecule has 0 fully saturated rings. The van der Waals surface area contributed by atoms with Crippen molar-refractivity contribution in [2.75, 3.05) is 13.7 Å². The number of nitrogens with zero attached hydrogens (tertiary/aromatic N) is 2. The summed E-state index contributed by atoms with van der Waals surface area (Å²) in [7, 11) is 1.68. The molecule has 0 aliphatic carbocycles. The van der Waals surface area contributed by atoms with Crippen LogP contribution in [0.5, 0.6) is 5.75 Å². The van der Waals surface area contributed by atoms with Gasteiger partial charge in [0, 0.05) is 18.8 Å². The molecule has 0 aliphatic rings. The lowest BCUT2D eigenvalue weighted by atomic mass is 10.3. The lowest BCUT2D eigenvalue weighted by molar-refractivity contribution is 0.414. The van der Waals surface area contributed by atoms with Crippen LogP contribution in [0.4, 0.5) is 0 Å². The minimum absolute atomic E-state index is 0.793. The summed E-state index contributed by atoms with van der Waals surface area (Å²) in [6.45, 7) is 5.84. The number of fused-ring (bicyclic) bond motifs is 1. The molecule has 0 aromatic carbocycles. The second kappa shape index (κ2) is 4.53. The summed E-state index contributed by atoms with van der Waals surface area (Å²) >= 11 is 0.